The molecule has 0 radical (unpaired) electrons. The topological polar surface area (TPSA) is 78.9 Å². The second-order valence-corrected chi connectivity index (χ2v) is 16.9. The lowest BCUT2D eigenvalue weighted by atomic mass is 9.86. The molecule has 0 amide bonds. The van der Waals surface area contributed by atoms with Crippen molar-refractivity contribution in [2.45, 2.75) is 65.4 Å². The van der Waals surface area contributed by atoms with E-state index >= 15 is 0 Å². The minimum Gasteiger partial charge on any atom is -0.285 e. The summed E-state index contributed by atoms with van der Waals surface area (Å²) in [7, 11) is 0. The third-order valence-electron chi connectivity index (χ3n) is 7.78. The largest absolute Gasteiger partial charge is 0.388 e. The molecule has 0 N–H and O–H groups in total. The van der Waals surface area contributed by atoms with E-state index in [9.17, 15) is 9.59 Å². The first-order valence-corrected chi connectivity index (χ1v) is 19.6. The van der Waals surface area contributed by atoms with Crippen LogP contribution in [0.25, 0.3) is 11.2 Å². The van der Waals surface area contributed by atoms with Gasteiger partial charge in [-0.1, -0.05) is 147 Å². The van der Waals surface area contributed by atoms with Gasteiger partial charge in [-0.15, -0.1) is 0 Å². The van der Waals surface area contributed by atoms with Crippen molar-refractivity contribution in [1.29, 1.82) is 0 Å². The summed E-state index contributed by atoms with van der Waals surface area (Å²) in [6.45, 7) is 6.31. The molecular weight excluding hydrogens is 729 g/mol. The lowest BCUT2D eigenvalue weighted by Crippen LogP contribution is -2.18. The van der Waals surface area contributed by atoms with E-state index in [0.717, 1.165) is 30.0 Å². The molecule has 52 heavy (non-hydrogen) atoms. The summed E-state index contributed by atoms with van der Waals surface area (Å²) < 4.78 is 10.7. The van der Waals surface area contributed by atoms with Crippen LogP contribution in [0.4, 0.5) is 0 Å². The Bertz CT molecular complexity index is 2310. The van der Waals surface area contributed by atoms with Gasteiger partial charge >= 0.3 is 11.9 Å². The van der Waals surface area contributed by atoms with Crippen LogP contribution in [0.3, 0.4) is 0 Å². The van der Waals surface area contributed by atoms with Gasteiger partial charge in [0.25, 0.3) is 0 Å². The highest BCUT2D eigenvalue weighted by atomic mass is 32.2. The van der Waals surface area contributed by atoms with Crippen LogP contribution in [0, 0.1) is 0 Å². The first kappa shape index (κ1) is 35.7. The summed E-state index contributed by atoms with van der Waals surface area (Å²) in [4.78, 5) is 45.8. The van der Waals surface area contributed by atoms with Crippen molar-refractivity contribution in [2.75, 3.05) is 0 Å². The highest BCUT2D eigenvalue weighted by molar-refractivity contribution is 8.00. The second-order valence-electron chi connectivity index (χ2n) is 12.5. The SMILES string of the molecule is CC(C)(C)c1ccc(Sc2ccccc2)c(C(=O)OOC(=O)c2c(Sc3ccccc3)cc3ooc3c2Sc2ccccc2)c1Sc1ccccc1. The van der Waals surface area contributed by atoms with Gasteiger partial charge in [-0.3, -0.25) is 9.15 Å². The Hall–Kier alpha value is -4.74. The number of carbonyl (C=O) groups is 2. The summed E-state index contributed by atoms with van der Waals surface area (Å²) in [6.07, 6.45) is 0. The Kier molecular flexibility index (Phi) is 10.9. The Labute approximate surface area is 318 Å². The molecule has 0 aliphatic rings. The van der Waals surface area contributed by atoms with Crippen LogP contribution in [-0.4, -0.2) is 11.9 Å². The van der Waals surface area contributed by atoms with E-state index in [1.165, 1.54) is 47.0 Å². The predicted octanol–water partition coefficient (Wildman–Crippen LogP) is 12.9. The van der Waals surface area contributed by atoms with Gasteiger partial charge in [-0.2, -0.15) is 0 Å². The number of benzene rings is 6. The molecule has 0 fully saturated rings. The second kappa shape index (κ2) is 15.9. The van der Waals surface area contributed by atoms with Crippen LogP contribution in [0.15, 0.2) is 188 Å². The van der Waals surface area contributed by atoms with Crippen molar-refractivity contribution in [3.8, 4) is 0 Å². The lowest BCUT2D eigenvalue weighted by Gasteiger charge is -2.25. The molecule has 7 rings (SSSR count). The van der Waals surface area contributed by atoms with Crippen LogP contribution < -0.4 is 0 Å². The van der Waals surface area contributed by atoms with Crippen molar-refractivity contribution in [2.24, 2.45) is 0 Å². The summed E-state index contributed by atoms with van der Waals surface area (Å²) in [6, 6.07) is 44.7. The van der Waals surface area contributed by atoms with Gasteiger partial charge in [0.2, 0.25) is 11.2 Å². The fourth-order valence-electron chi connectivity index (χ4n) is 5.30. The lowest BCUT2D eigenvalue weighted by molar-refractivity contribution is -0.188. The fourth-order valence-corrected chi connectivity index (χ4v) is 9.76. The smallest absolute Gasteiger partial charge is 0.285 e. The molecule has 10 heteroatoms. The zero-order chi connectivity index (χ0) is 36.1. The molecule has 7 aromatic rings. The number of rotatable bonds is 10. The van der Waals surface area contributed by atoms with Gasteiger partial charge in [0.1, 0.15) is 0 Å². The van der Waals surface area contributed by atoms with Crippen molar-refractivity contribution < 1.29 is 28.5 Å². The maximum Gasteiger partial charge on any atom is 0.388 e. The zero-order valence-electron chi connectivity index (χ0n) is 28.4. The maximum absolute atomic E-state index is 14.4. The van der Waals surface area contributed by atoms with Crippen LogP contribution >= 0.6 is 47.0 Å². The van der Waals surface area contributed by atoms with E-state index in [0.29, 0.717) is 31.4 Å². The molecule has 6 nitrogen and oxygen atoms in total. The third kappa shape index (κ3) is 8.16. The summed E-state index contributed by atoms with van der Waals surface area (Å²) in [5, 5.41) is 0. The molecule has 0 atom stereocenters. The third-order valence-corrected chi connectivity index (χ3v) is 12.1. The van der Waals surface area contributed by atoms with E-state index in [4.69, 9.17) is 18.9 Å². The van der Waals surface area contributed by atoms with Crippen LogP contribution in [0.1, 0.15) is 47.1 Å². The average molecular weight is 761 g/mol. The minimum absolute atomic E-state index is 0.193. The van der Waals surface area contributed by atoms with E-state index in [2.05, 4.69) is 26.8 Å². The van der Waals surface area contributed by atoms with Crippen molar-refractivity contribution in [3.63, 3.8) is 0 Å². The molecule has 0 unspecified atom stereocenters. The molecule has 0 aliphatic carbocycles. The summed E-state index contributed by atoms with van der Waals surface area (Å²) >= 11 is 5.63. The van der Waals surface area contributed by atoms with Gasteiger partial charge in [0.15, 0.2) is 0 Å². The number of fused-ring (bicyclic) bond motifs is 1. The Morgan fingerprint density at radius 1 is 0.500 bits per heavy atom. The molecule has 0 bridgehead atoms. The number of hydrogen-bond acceptors (Lipinski definition) is 10. The quantitative estimate of drug-likeness (QED) is 0.0993. The van der Waals surface area contributed by atoms with Crippen LogP contribution in [0.5, 0.6) is 0 Å². The molecule has 0 aliphatic heterocycles. The molecule has 260 valence electrons. The summed E-state index contributed by atoms with van der Waals surface area (Å²) in [5.41, 5.74) is 2.05. The van der Waals surface area contributed by atoms with Crippen molar-refractivity contribution in [3.05, 3.63) is 156 Å². The molecule has 1 aromatic heterocycles. The van der Waals surface area contributed by atoms with Crippen molar-refractivity contribution >= 4 is 70.2 Å². The minimum atomic E-state index is -0.843. The Morgan fingerprint density at radius 3 is 1.37 bits per heavy atom. The highest BCUT2D eigenvalue weighted by Crippen LogP contribution is 2.46. The maximum atomic E-state index is 14.4. The summed E-state index contributed by atoms with van der Waals surface area (Å²) in [5.74, 6) is -1.63. The van der Waals surface area contributed by atoms with Gasteiger partial charge < -0.3 is 0 Å². The van der Waals surface area contributed by atoms with Gasteiger partial charge in [-0.05, 0) is 65.6 Å². The first-order valence-electron chi connectivity index (χ1n) is 16.3. The predicted molar refractivity (Wildman–Crippen MR) is 207 cm³/mol. The fraction of sp³-hybridized carbons (Fsp3) is 0.0952. The molecule has 0 saturated carbocycles. The van der Waals surface area contributed by atoms with E-state index in [-0.39, 0.29) is 11.0 Å². The van der Waals surface area contributed by atoms with E-state index in [1.807, 2.05) is 127 Å². The monoisotopic (exact) mass is 760 g/mol. The molecule has 0 saturated heterocycles. The first-order chi connectivity index (χ1) is 25.2. The zero-order valence-corrected chi connectivity index (χ0v) is 31.6. The Morgan fingerprint density at radius 2 is 0.923 bits per heavy atom. The highest BCUT2D eigenvalue weighted by Gasteiger charge is 2.32. The van der Waals surface area contributed by atoms with Crippen molar-refractivity contribution in [1.82, 2.24) is 0 Å². The van der Waals surface area contributed by atoms with E-state index < -0.39 is 11.9 Å². The van der Waals surface area contributed by atoms with E-state index in [1.54, 1.807) is 6.07 Å². The molecule has 0 spiro atoms. The number of hydrogen-bond donors (Lipinski definition) is 0. The van der Waals surface area contributed by atoms with Gasteiger partial charge in [0, 0.05) is 40.3 Å². The van der Waals surface area contributed by atoms with Crippen LogP contribution in [-0.2, 0) is 15.2 Å². The Balaban J connectivity index is 1.28. The molecule has 1 heterocycles. The normalized spacial score (nSPS) is 11.4. The molecular formula is C42H32O6S4. The van der Waals surface area contributed by atoms with Gasteiger partial charge in [0.05, 0.1) is 16.0 Å². The number of carbonyl (C=O) groups excluding carboxylic acids is 2. The average Bonchev–Trinajstić information content (AvgIpc) is 3.13. The molecule has 6 aromatic carbocycles. The van der Waals surface area contributed by atoms with Gasteiger partial charge in [-0.25, -0.2) is 19.4 Å². The van der Waals surface area contributed by atoms with Crippen LogP contribution in [0.2, 0.25) is 0 Å². The standard InChI is InChI=1S/C42H32O6S4/c1-42(2,3)31-24-25-33(49-27-16-8-4-9-17-27)35(38(31)51-29-20-12-6-13-21-29)40(43)47-48-41(44)36-34(50-28-18-10-5-11-19-28)26-32-37(46-45-32)39(36)52-30-22-14-7-15-23-30/h4-26H,1-3H3.